The molecule has 5 aliphatic heterocycles. The molecule has 1 atom stereocenters. The molecule has 8 amide bonds. The molecule has 780 valence electrons. The smallest absolute Gasteiger partial charge is 0.255 e. The number of rotatable bonds is 21. The number of aromatic nitrogens is 12. The third kappa shape index (κ3) is 26.7. The number of aliphatic hydroxyl groups is 1. The normalized spacial score (nSPS) is 15.7. The van der Waals surface area contributed by atoms with E-state index in [2.05, 4.69) is 88.5 Å². The van der Waals surface area contributed by atoms with Gasteiger partial charge in [0, 0.05) is 227 Å². The van der Waals surface area contributed by atoms with Crippen LogP contribution in [0.3, 0.4) is 0 Å². The van der Waals surface area contributed by atoms with Crippen molar-refractivity contribution in [2.24, 2.45) is 11.1 Å². The Labute approximate surface area is 867 Å². The minimum absolute atomic E-state index is 0.0153. The number of likely N-dealkylation sites (tertiary alicyclic amines) is 5. The highest BCUT2D eigenvalue weighted by Crippen LogP contribution is 2.34. The number of benzene rings is 3. The zero-order valence-electron chi connectivity index (χ0n) is 85.3. The second-order valence-corrected chi connectivity index (χ2v) is 42.4. The summed E-state index contributed by atoms with van der Waals surface area (Å²) in [6, 6.07) is 46.5. The molecule has 7 N–H and O–H groups in total. The first-order valence-corrected chi connectivity index (χ1v) is 52.4. The zero-order valence-corrected chi connectivity index (χ0v) is 86.1. The molecule has 5 fully saturated rings. The van der Waals surface area contributed by atoms with Crippen molar-refractivity contribution in [1.29, 1.82) is 5.26 Å². The first-order chi connectivity index (χ1) is 71.8. The Kier molecular flexibility index (Phi) is 33.4. The molecule has 5 aliphatic rings. The maximum absolute atomic E-state index is 14.1. The van der Waals surface area contributed by atoms with Crippen molar-refractivity contribution >= 4 is 112 Å². The van der Waals surface area contributed by atoms with E-state index >= 15 is 0 Å². The van der Waals surface area contributed by atoms with E-state index in [4.69, 9.17) is 16.1 Å². The fourth-order valence-electron chi connectivity index (χ4n) is 18.4. The molecule has 0 saturated carbocycles. The monoisotopic (exact) mass is 2060 g/mol. The third-order valence-corrected chi connectivity index (χ3v) is 28.0. The van der Waals surface area contributed by atoms with Crippen LogP contribution in [0.15, 0.2) is 232 Å². The van der Waals surface area contributed by atoms with Crippen LogP contribution in [0.4, 0.5) is 13.2 Å². The van der Waals surface area contributed by atoms with E-state index in [1.54, 1.807) is 146 Å². The number of nitrogens with one attached hydrogen (secondary N) is 4. The second kappa shape index (κ2) is 46.8. The topological polar surface area (TPSA) is 420 Å². The third-order valence-electron chi connectivity index (χ3n) is 27.3. The van der Waals surface area contributed by atoms with Gasteiger partial charge in [-0.3, -0.25) is 57.5 Å². The van der Waals surface area contributed by atoms with E-state index in [9.17, 15) is 59.9 Å². The largest absolute Gasteiger partial charge is 0.395 e. The van der Waals surface area contributed by atoms with Crippen LogP contribution >= 0.6 is 0 Å². The molecule has 3 aromatic carbocycles. The first-order valence-electron chi connectivity index (χ1n) is 50.5. The Hall–Kier alpha value is -15.7. The van der Waals surface area contributed by atoms with Crippen LogP contribution in [0.25, 0.3) is 83.6 Å². The number of aliphatic hydroxyl groups excluding tert-OH is 1. The van der Waals surface area contributed by atoms with E-state index in [-0.39, 0.29) is 85.0 Å². The van der Waals surface area contributed by atoms with Crippen LogP contribution in [0.5, 0.6) is 0 Å². The number of amides is 8. The second-order valence-electron chi connectivity index (χ2n) is 40.5. The molecule has 5 saturated heterocycles. The van der Waals surface area contributed by atoms with Gasteiger partial charge in [0.2, 0.25) is 10.0 Å². The van der Waals surface area contributed by atoms with Gasteiger partial charge >= 0.3 is 0 Å². The van der Waals surface area contributed by atoms with Gasteiger partial charge < -0.3 is 65.0 Å². The molecule has 12 aromatic heterocycles. The lowest BCUT2D eigenvalue weighted by molar-refractivity contribution is 0.0493. The summed E-state index contributed by atoms with van der Waals surface area (Å²) in [4.78, 5) is 141. The molecule has 15 aromatic rings. The zero-order chi connectivity index (χ0) is 106. The summed E-state index contributed by atoms with van der Waals surface area (Å²) in [5.74, 6) is -1.00. The number of piperidine rings is 5. The Morgan fingerprint density at radius 3 is 1.06 bits per heavy atom. The lowest BCUT2D eigenvalue weighted by Gasteiger charge is -2.34. The molecular weight excluding hydrogens is 1930 g/mol. The van der Waals surface area contributed by atoms with Gasteiger partial charge in [-0.25, -0.2) is 51.2 Å². The molecule has 20 rings (SSSR count). The summed E-state index contributed by atoms with van der Waals surface area (Å²) in [5.41, 5.74) is 15.8. The Morgan fingerprint density at radius 1 is 0.393 bits per heavy atom. The van der Waals surface area contributed by atoms with Gasteiger partial charge in [0.1, 0.15) is 51.3 Å². The summed E-state index contributed by atoms with van der Waals surface area (Å²) in [5, 5.41) is 30.4. The van der Waals surface area contributed by atoms with E-state index in [1.165, 1.54) is 25.2 Å². The minimum atomic E-state index is -3.30. The summed E-state index contributed by atoms with van der Waals surface area (Å²) in [6.07, 6.45) is 33.7. The predicted molar refractivity (Wildman–Crippen MR) is 568 cm³/mol. The number of carbonyl (C=O) groups is 8. The number of nitrogens with two attached hydrogens (primary N) is 1. The minimum Gasteiger partial charge on any atom is -0.395 e. The predicted octanol–water partition coefficient (Wildman–Crippen LogP) is 15.7. The van der Waals surface area contributed by atoms with Crippen LogP contribution in [-0.2, 0) is 10.0 Å². The lowest BCUT2D eigenvalue weighted by atomic mass is 9.95. The van der Waals surface area contributed by atoms with Crippen molar-refractivity contribution in [1.82, 2.24) is 103 Å². The average Bonchev–Trinajstić information content (AvgIpc) is 1.64. The van der Waals surface area contributed by atoms with Crippen molar-refractivity contribution < 1.29 is 65.1 Å². The number of halogens is 3. The molecule has 17 heterocycles. The van der Waals surface area contributed by atoms with Crippen LogP contribution in [0.2, 0.25) is 0 Å². The maximum atomic E-state index is 14.1. The van der Waals surface area contributed by atoms with Gasteiger partial charge in [0.05, 0.1) is 75.6 Å². The molecule has 0 radical (unpaired) electrons. The Balaban J connectivity index is 0.000000134. The fourth-order valence-corrected chi connectivity index (χ4v) is 18.9. The SMILES string of the molecule is CC(C)(C)CNC(=O)c1cncc(-n2ccc3cc(C(=O)N4CCC(C)(F)CC4)cnc32)c1.CC(N)c1cccc(-n2ccc3cc(C(=O)N4CCCCC4)cnc32)c1.CC1(F)CCN(C(=O)c2cnc3c(ccn3-c3ccc(C(=O)NCCNS(C)(=O)=O)cc3)c2)CC1.CC1(F)CCN(C(=O)c2cnc3c(ccn3-c3ccc(C(=O)NCCO)cc3)c2)CC1.N#Cc1cncc(-n2ccc3cc(C(=O)N4CCCCC4)cnc32)c1. The van der Waals surface area contributed by atoms with Crippen molar-refractivity contribution in [2.45, 2.75) is 149 Å². The van der Waals surface area contributed by atoms with Gasteiger partial charge in [0.25, 0.3) is 47.3 Å². The first kappa shape index (κ1) is 107. The van der Waals surface area contributed by atoms with E-state index in [1.807, 2.05) is 143 Å². The van der Waals surface area contributed by atoms with Crippen molar-refractivity contribution in [2.75, 3.05) is 104 Å². The summed E-state index contributed by atoms with van der Waals surface area (Å²) < 4.78 is 76.1. The molecule has 150 heavy (non-hydrogen) atoms. The summed E-state index contributed by atoms with van der Waals surface area (Å²) in [6.45, 7) is 19.6. The molecule has 34 nitrogen and oxygen atoms in total. The van der Waals surface area contributed by atoms with Crippen LogP contribution < -0.4 is 26.4 Å². The Bertz CT molecular complexity index is 7610. The number of fused-ring (bicyclic) bond motifs is 5. The molecule has 0 aliphatic carbocycles. The molecule has 1 unspecified atom stereocenters. The number of hydrogen-bond acceptors (Lipinski definition) is 20. The molecule has 0 spiro atoms. The number of nitrogens with zero attached hydrogens (tertiary/aromatic N) is 18. The highest BCUT2D eigenvalue weighted by atomic mass is 32.2. The summed E-state index contributed by atoms with van der Waals surface area (Å²) in [7, 11) is -3.30. The van der Waals surface area contributed by atoms with Crippen LogP contribution in [0.1, 0.15) is 226 Å². The number of sulfonamides is 1. The number of alkyl halides is 3. The van der Waals surface area contributed by atoms with Gasteiger partial charge in [0.15, 0.2) is 0 Å². The number of pyridine rings is 7. The standard InChI is InChI=1S/C25H30FN5O2.C24H28FN5O4S.C23H25FN4O3.C21H24N4O.C19H17N5O/c1-24(2,3)16-29-22(32)18-12-20(15-27-13-18)31-8-5-17-11-19(14-28-21(17)31)23(33)30-9-6-25(4,26)7-10-30;1-24(25)8-13-29(14-9-24)23(32)19-15-18-7-12-30(21(18)27-16-19)20-5-3-17(4-6-20)22(31)26-10-11-28-35(2,33)34;1-23(24)7-11-27(12-8-23)22(31)18-14-17-6-10-28(20(17)26-15-18)19-4-2-16(3-5-19)21(30)25-9-13-29;1-15(22)16-6-5-7-19(13-16)25-11-8-17-12-18(14-23-20(17)25)21(26)24-9-3-2-4-10-24;20-10-14-8-17(13-21-11-14)24-7-4-15-9-16(12-22-18(15)24)19(25)23-5-2-1-3-6-23/h5,8,11-15H,6-7,9-10,16H2,1-4H3,(H,29,32);3-7,12,15-16,28H,8-11,13-14H2,1-2H3,(H,26,31);2-6,10,14-15,29H,7-9,11-13H2,1H3,(H,25,30);5-8,11-15H,2-4,9-10,22H2,1H3;4,7-9,11-13H,1-3,5-6H2. The number of nitriles is 1. The van der Waals surface area contributed by atoms with Crippen molar-refractivity contribution in [3.63, 3.8) is 0 Å². The van der Waals surface area contributed by atoms with Crippen LogP contribution in [-0.4, -0.2) is 265 Å². The highest BCUT2D eigenvalue weighted by Gasteiger charge is 2.36. The Morgan fingerprint density at radius 2 is 0.720 bits per heavy atom. The van der Waals surface area contributed by atoms with Crippen LogP contribution in [0, 0.1) is 16.7 Å². The van der Waals surface area contributed by atoms with Crippen molar-refractivity contribution in [3.05, 3.63) is 288 Å². The maximum Gasteiger partial charge on any atom is 0.255 e. The van der Waals surface area contributed by atoms with Crippen molar-refractivity contribution in [3.8, 4) is 34.5 Å². The number of hydrogen-bond donors (Lipinski definition) is 6. The summed E-state index contributed by atoms with van der Waals surface area (Å²) >= 11 is 0. The molecule has 38 heteroatoms. The fraction of sp³-hybridized carbons (Fsp3) is 0.357. The molecule has 0 bridgehead atoms. The van der Waals surface area contributed by atoms with E-state index in [0.717, 1.165) is 125 Å². The van der Waals surface area contributed by atoms with E-state index < -0.39 is 27.0 Å². The van der Waals surface area contributed by atoms with Gasteiger partial charge in [-0.2, -0.15) is 5.26 Å². The molecular formula is C112H124F3N23O11S. The van der Waals surface area contributed by atoms with Gasteiger partial charge in [-0.05, 0) is 249 Å². The lowest BCUT2D eigenvalue weighted by Crippen LogP contribution is -2.43. The number of carbonyl (C=O) groups excluding carboxylic acids is 8. The van der Waals surface area contributed by atoms with Gasteiger partial charge in [-0.15, -0.1) is 0 Å². The van der Waals surface area contributed by atoms with Gasteiger partial charge in [-0.1, -0.05) is 32.9 Å². The highest BCUT2D eigenvalue weighted by molar-refractivity contribution is 7.88. The average molecular weight is 2060 g/mol. The van der Waals surface area contributed by atoms with E-state index in [0.29, 0.717) is 157 Å². The quantitative estimate of drug-likeness (QED) is 0.0364.